The molecule has 0 saturated heterocycles. The summed E-state index contributed by atoms with van der Waals surface area (Å²) in [5.74, 6) is -1.67. The number of carboxylic acid groups (broad SMARTS) is 1. The molecule has 0 bridgehead atoms. The monoisotopic (exact) mass is 273 g/mol. The van der Waals surface area contributed by atoms with Crippen LogP contribution >= 0.6 is 23.2 Å². The highest BCUT2D eigenvalue weighted by Crippen LogP contribution is 2.33. The lowest BCUT2D eigenvalue weighted by Gasteiger charge is -2.10. The fraction of sp³-hybridized carbons (Fsp3) is 0.0909. The van der Waals surface area contributed by atoms with E-state index >= 15 is 0 Å². The molecule has 4 nitrogen and oxygen atoms in total. The molecule has 2 N–H and O–H groups in total. The van der Waals surface area contributed by atoms with Gasteiger partial charge < -0.3 is 10.4 Å². The topological polar surface area (TPSA) is 66.4 Å². The van der Waals surface area contributed by atoms with Crippen molar-refractivity contribution >= 4 is 40.8 Å². The molecule has 0 atom stereocenters. The normalized spacial score (nSPS) is 10.5. The molecule has 0 radical (unpaired) electrons. The summed E-state index contributed by atoms with van der Waals surface area (Å²) >= 11 is 11.6. The number of hydrogen-bond acceptors (Lipinski definition) is 2. The highest BCUT2D eigenvalue weighted by molar-refractivity contribution is 6.44. The van der Waals surface area contributed by atoms with Gasteiger partial charge >= 0.3 is 5.97 Å². The zero-order chi connectivity index (χ0) is 13.0. The van der Waals surface area contributed by atoms with Crippen molar-refractivity contribution < 1.29 is 14.7 Å². The van der Waals surface area contributed by atoms with E-state index in [9.17, 15) is 9.59 Å². The summed E-state index contributed by atoms with van der Waals surface area (Å²) in [4.78, 5) is 22.3. The molecular formula is C11H9Cl2NO3. The molecule has 1 amide bonds. The van der Waals surface area contributed by atoms with E-state index in [4.69, 9.17) is 28.3 Å². The molecule has 1 aromatic rings. The molecule has 0 saturated carbocycles. The average Bonchev–Trinajstić information content (AvgIpc) is 2.25. The van der Waals surface area contributed by atoms with Crippen LogP contribution in [0.25, 0.3) is 0 Å². The van der Waals surface area contributed by atoms with Crippen LogP contribution in [0.4, 0.5) is 5.69 Å². The van der Waals surface area contributed by atoms with Gasteiger partial charge in [0, 0.05) is 0 Å². The minimum atomic E-state index is -1.20. The third-order valence-electron chi connectivity index (χ3n) is 1.89. The zero-order valence-corrected chi connectivity index (χ0v) is 10.3. The van der Waals surface area contributed by atoms with E-state index in [1.807, 2.05) is 0 Å². The molecule has 0 fully saturated rings. The van der Waals surface area contributed by atoms with E-state index < -0.39 is 11.9 Å². The predicted octanol–water partition coefficient (Wildman–Crippen LogP) is 3.21. The van der Waals surface area contributed by atoms with Crippen LogP contribution in [0.15, 0.2) is 24.3 Å². The highest BCUT2D eigenvalue weighted by Gasteiger charge is 2.17. The van der Waals surface area contributed by atoms with Crippen molar-refractivity contribution in [3.05, 3.63) is 39.9 Å². The van der Waals surface area contributed by atoms with Crippen molar-refractivity contribution in [2.24, 2.45) is 0 Å². The number of benzene rings is 1. The number of aromatic carboxylic acids is 1. The summed E-state index contributed by atoms with van der Waals surface area (Å²) in [5.41, 5.74) is -0.119. The summed E-state index contributed by atoms with van der Waals surface area (Å²) in [5, 5.41) is 11.5. The van der Waals surface area contributed by atoms with Crippen molar-refractivity contribution in [3.63, 3.8) is 0 Å². The second-order valence-electron chi connectivity index (χ2n) is 3.08. The van der Waals surface area contributed by atoms with E-state index in [1.165, 1.54) is 24.3 Å². The fourth-order valence-corrected chi connectivity index (χ4v) is 1.54. The first-order valence-corrected chi connectivity index (χ1v) is 5.38. The Bertz CT molecular complexity index is 498. The Labute approximate surface area is 108 Å². The van der Waals surface area contributed by atoms with Gasteiger partial charge in [0.1, 0.15) is 0 Å². The number of amides is 1. The molecule has 0 spiro atoms. The van der Waals surface area contributed by atoms with Crippen LogP contribution in [0.2, 0.25) is 10.0 Å². The Hall–Kier alpha value is -1.52. The molecule has 6 heteroatoms. The third-order valence-corrected chi connectivity index (χ3v) is 2.70. The number of rotatable bonds is 3. The second kappa shape index (κ2) is 5.70. The molecule has 17 heavy (non-hydrogen) atoms. The van der Waals surface area contributed by atoms with Crippen molar-refractivity contribution in [2.45, 2.75) is 6.92 Å². The van der Waals surface area contributed by atoms with Crippen LogP contribution in [0.1, 0.15) is 17.3 Å². The summed E-state index contributed by atoms with van der Waals surface area (Å²) in [6.07, 6.45) is 2.77. The third kappa shape index (κ3) is 3.22. The van der Waals surface area contributed by atoms with Crippen molar-refractivity contribution in [1.82, 2.24) is 0 Å². The maximum absolute atomic E-state index is 11.4. The molecule has 0 aliphatic carbocycles. The van der Waals surface area contributed by atoms with Gasteiger partial charge in [0.15, 0.2) is 0 Å². The number of carbonyl (C=O) groups excluding carboxylic acids is 1. The first kappa shape index (κ1) is 13.5. The van der Waals surface area contributed by atoms with E-state index in [-0.39, 0.29) is 21.3 Å². The van der Waals surface area contributed by atoms with Crippen LogP contribution in [0.3, 0.4) is 0 Å². The number of carbonyl (C=O) groups is 2. The lowest BCUT2D eigenvalue weighted by atomic mass is 10.1. The number of nitrogens with one attached hydrogen (secondary N) is 1. The molecule has 90 valence electrons. The zero-order valence-electron chi connectivity index (χ0n) is 8.83. The minimum absolute atomic E-state index is 0.00409. The Kier molecular flexibility index (Phi) is 4.54. The molecule has 0 aromatic heterocycles. The van der Waals surface area contributed by atoms with Gasteiger partial charge in [-0.25, -0.2) is 4.79 Å². The summed E-state index contributed by atoms with van der Waals surface area (Å²) < 4.78 is 0. The van der Waals surface area contributed by atoms with Crippen LogP contribution in [-0.2, 0) is 4.79 Å². The molecule has 1 rings (SSSR count). The van der Waals surface area contributed by atoms with E-state index in [0.29, 0.717) is 0 Å². The predicted molar refractivity (Wildman–Crippen MR) is 66.9 cm³/mol. The summed E-state index contributed by atoms with van der Waals surface area (Å²) in [7, 11) is 0. The molecular weight excluding hydrogens is 265 g/mol. The smallest absolute Gasteiger partial charge is 0.337 e. The van der Waals surface area contributed by atoms with Crippen LogP contribution in [-0.4, -0.2) is 17.0 Å². The van der Waals surface area contributed by atoms with Crippen molar-refractivity contribution in [3.8, 4) is 0 Å². The Morgan fingerprint density at radius 1 is 1.35 bits per heavy atom. The average molecular weight is 274 g/mol. The number of halogens is 2. The molecule has 0 aliphatic rings. The SMILES string of the molecule is C/C=C/C(=O)Nc1c(C(=O)O)ccc(Cl)c1Cl. The quantitative estimate of drug-likeness (QED) is 0.832. The Morgan fingerprint density at radius 3 is 2.53 bits per heavy atom. The first-order valence-electron chi connectivity index (χ1n) is 4.62. The second-order valence-corrected chi connectivity index (χ2v) is 3.86. The largest absolute Gasteiger partial charge is 0.478 e. The number of anilines is 1. The van der Waals surface area contributed by atoms with Crippen LogP contribution < -0.4 is 5.32 Å². The molecule has 0 aliphatic heterocycles. The Balaban J connectivity index is 3.23. The van der Waals surface area contributed by atoms with Gasteiger partial charge in [-0.05, 0) is 25.1 Å². The van der Waals surface area contributed by atoms with E-state index in [0.717, 1.165) is 0 Å². The molecule has 0 unspecified atom stereocenters. The van der Waals surface area contributed by atoms with Crippen LogP contribution in [0, 0.1) is 0 Å². The van der Waals surface area contributed by atoms with E-state index in [2.05, 4.69) is 5.32 Å². The van der Waals surface area contributed by atoms with Gasteiger partial charge in [-0.2, -0.15) is 0 Å². The van der Waals surface area contributed by atoms with Gasteiger partial charge in [-0.3, -0.25) is 4.79 Å². The van der Waals surface area contributed by atoms with Gasteiger partial charge in [0.05, 0.1) is 21.3 Å². The van der Waals surface area contributed by atoms with Crippen molar-refractivity contribution in [2.75, 3.05) is 5.32 Å². The summed E-state index contributed by atoms with van der Waals surface area (Å²) in [6.45, 7) is 1.66. The van der Waals surface area contributed by atoms with Gasteiger partial charge in [0.25, 0.3) is 0 Å². The number of hydrogen-bond donors (Lipinski definition) is 2. The highest BCUT2D eigenvalue weighted by atomic mass is 35.5. The lowest BCUT2D eigenvalue weighted by molar-refractivity contribution is -0.111. The molecule has 0 heterocycles. The standard InChI is InChI=1S/C11H9Cl2NO3/c1-2-3-8(15)14-10-6(11(16)17)4-5-7(12)9(10)13/h2-5H,1H3,(H,14,15)(H,16,17)/b3-2+. The van der Waals surface area contributed by atoms with Crippen molar-refractivity contribution in [1.29, 1.82) is 0 Å². The van der Waals surface area contributed by atoms with Gasteiger partial charge in [0.2, 0.25) is 5.91 Å². The van der Waals surface area contributed by atoms with Gasteiger partial charge in [-0.1, -0.05) is 29.3 Å². The summed E-state index contributed by atoms with van der Waals surface area (Å²) in [6, 6.07) is 2.64. The van der Waals surface area contributed by atoms with E-state index in [1.54, 1.807) is 6.92 Å². The minimum Gasteiger partial charge on any atom is -0.478 e. The molecule has 1 aromatic carbocycles. The maximum Gasteiger partial charge on any atom is 0.337 e. The fourth-order valence-electron chi connectivity index (χ4n) is 1.17. The number of allylic oxidation sites excluding steroid dienone is 1. The Morgan fingerprint density at radius 2 is 2.00 bits per heavy atom. The van der Waals surface area contributed by atoms with Crippen LogP contribution in [0.5, 0.6) is 0 Å². The first-order chi connectivity index (χ1) is 7.97. The van der Waals surface area contributed by atoms with Gasteiger partial charge in [-0.15, -0.1) is 0 Å². The maximum atomic E-state index is 11.4. The number of carboxylic acids is 1. The lowest BCUT2D eigenvalue weighted by Crippen LogP contribution is -2.12.